The maximum absolute atomic E-state index is 13.0. The van der Waals surface area contributed by atoms with Crippen molar-refractivity contribution in [2.45, 2.75) is 19.4 Å². The van der Waals surface area contributed by atoms with Crippen LogP contribution < -0.4 is 15.2 Å². The van der Waals surface area contributed by atoms with E-state index in [-0.39, 0.29) is 12.4 Å². The third kappa shape index (κ3) is 5.46. The summed E-state index contributed by atoms with van der Waals surface area (Å²) in [5, 5.41) is 9.82. The lowest BCUT2D eigenvalue weighted by molar-refractivity contribution is 0.0276. The molecule has 0 bridgehead atoms. The van der Waals surface area contributed by atoms with E-state index in [1.807, 2.05) is 0 Å². The fraction of sp³-hybridized carbons (Fsp3) is 0.217. The topological polar surface area (TPSA) is 73.6 Å². The molecule has 0 radical (unpaired) electrons. The summed E-state index contributed by atoms with van der Waals surface area (Å²) in [6.07, 6.45) is 1.57. The van der Waals surface area contributed by atoms with Gasteiger partial charge in [0.25, 0.3) is 0 Å². The first-order valence-electron chi connectivity index (χ1n) is 9.16. The van der Waals surface area contributed by atoms with E-state index >= 15 is 0 Å². The van der Waals surface area contributed by atoms with E-state index in [0.717, 1.165) is 0 Å². The van der Waals surface area contributed by atoms with E-state index < -0.39 is 11.3 Å². The molecular formula is C23H21FN2O4. The first-order chi connectivity index (χ1) is 14.2. The van der Waals surface area contributed by atoms with Crippen LogP contribution in [0.5, 0.6) is 11.5 Å². The van der Waals surface area contributed by atoms with Crippen molar-refractivity contribution in [1.29, 1.82) is 0 Å². The monoisotopic (exact) mass is 408 g/mol. The smallest absolute Gasteiger partial charge is 0.353 e. The predicted molar refractivity (Wildman–Crippen MR) is 111 cm³/mol. The molecule has 0 aliphatic rings. The van der Waals surface area contributed by atoms with E-state index in [4.69, 9.17) is 9.47 Å². The molecule has 0 unspecified atom stereocenters. The van der Waals surface area contributed by atoms with E-state index in [9.17, 15) is 14.3 Å². The third-order valence-electron chi connectivity index (χ3n) is 3.99. The maximum Gasteiger partial charge on any atom is 0.353 e. The Bertz CT molecular complexity index is 1150. The van der Waals surface area contributed by atoms with Crippen LogP contribution in [0.4, 0.5) is 4.39 Å². The number of aromatic nitrogens is 2. The molecule has 3 aromatic rings. The number of benzene rings is 2. The highest BCUT2D eigenvalue weighted by Gasteiger charge is 2.16. The lowest BCUT2D eigenvalue weighted by Crippen LogP contribution is -2.28. The number of nitrogens with zero attached hydrogens (tertiary/aromatic N) is 2. The molecule has 0 aliphatic carbocycles. The zero-order valence-electron chi connectivity index (χ0n) is 16.8. The summed E-state index contributed by atoms with van der Waals surface area (Å²) in [7, 11) is 1.49. The Hall–Kier alpha value is -3.63. The number of halogens is 1. The standard InChI is InChI=1S/C23H21FN2O4/c1-23(2,28)15-30-20-11-10-19(14-21(20)29-3)26-13-12-18(25-22(26)27)9-6-16-4-7-17(24)8-5-16/h4-5,7-8,10-14,28H,15H2,1-3H3. The third-order valence-corrected chi connectivity index (χ3v) is 3.99. The molecule has 3 rings (SSSR count). The van der Waals surface area contributed by atoms with Crippen LogP contribution in [0.25, 0.3) is 5.69 Å². The van der Waals surface area contributed by atoms with Crippen LogP contribution in [0.2, 0.25) is 0 Å². The van der Waals surface area contributed by atoms with Gasteiger partial charge in [-0.3, -0.25) is 4.57 Å². The fourth-order valence-electron chi connectivity index (χ4n) is 2.52. The predicted octanol–water partition coefficient (Wildman–Crippen LogP) is 2.93. The minimum Gasteiger partial charge on any atom is -0.493 e. The van der Waals surface area contributed by atoms with Gasteiger partial charge in [-0.2, -0.15) is 4.98 Å². The lowest BCUT2D eigenvalue weighted by atomic mass is 10.2. The normalized spacial score (nSPS) is 10.8. The Morgan fingerprint density at radius 2 is 1.83 bits per heavy atom. The first-order valence-corrected chi connectivity index (χ1v) is 9.16. The Labute approximate surface area is 173 Å². The second-order valence-electron chi connectivity index (χ2n) is 7.16. The molecule has 2 aromatic carbocycles. The second-order valence-corrected chi connectivity index (χ2v) is 7.16. The molecule has 1 N–H and O–H groups in total. The number of hydrogen-bond donors (Lipinski definition) is 1. The Morgan fingerprint density at radius 1 is 1.10 bits per heavy atom. The molecule has 1 aromatic heterocycles. The maximum atomic E-state index is 13.0. The van der Waals surface area contributed by atoms with Gasteiger partial charge in [0.1, 0.15) is 18.1 Å². The van der Waals surface area contributed by atoms with Gasteiger partial charge in [-0.1, -0.05) is 5.92 Å². The van der Waals surface area contributed by atoms with Gasteiger partial charge in [-0.15, -0.1) is 0 Å². The van der Waals surface area contributed by atoms with Crippen LogP contribution in [0.3, 0.4) is 0 Å². The number of methoxy groups -OCH3 is 1. The summed E-state index contributed by atoms with van der Waals surface area (Å²) >= 11 is 0. The van der Waals surface area contributed by atoms with Crippen molar-refractivity contribution in [1.82, 2.24) is 9.55 Å². The first kappa shape index (κ1) is 21.1. The van der Waals surface area contributed by atoms with Crippen molar-refractivity contribution in [2.24, 2.45) is 0 Å². The van der Waals surface area contributed by atoms with Gasteiger partial charge in [-0.25, -0.2) is 9.18 Å². The largest absolute Gasteiger partial charge is 0.493 e. The van der Waals surface area contributed by atoms with Gasteiger partial charge in [0, 0.05) is 17.8 Å². The minimum atomic E-state index is -0.991. The van der Waals surface area contributed by atoms with E-state index in [1.54, 1.807) is 56.4 Å². The minimum absolute atomic E-state index is 0.0889. The van der Waals surface area contributed by atoms with Gasteiger partial charge in [0.15, 0.2) is 11.5 Å². The quantitative estimate of drug-likeness (QED) is 0.657. The highest BCUT2D eigenvalue weighted by atomic mass is 19.1. The molecule has 0 fully saturated rings. The molecule has 0 saturated carbocycles. The molecule has 154 valence electrons. The average Bonchev–Trinajstić information content (AvgIpc) is 2.71. The number of ether oxygens (including phenoxy) is 2. The molecule has 1 heterocycles. The zero-order valence-corrected chi connectivity index (χ0v) is 16.8. The highest BCUT2D eigenvalue weighted by Crippen LogP contribution is 2.29. The summed E-state index contributed by atoms with van der Waals surface area (Å²) < 4.78 is 25.2. The zero-order chi connectivity index (χ0) is 21.7. The average molecular weight is 408 g/mol. The molecule has 0 amide bonds. The summed E-state index contributed by atoms with van der Waals surface area (Å²) in [6.45, 7) is 3.37. The van der Waals surface area contributed by atoms with Gasteiger partial charge in [0.2, 0.25) is 0 Å². The van der Waals surface area contributed by atoms with E-state index in [1.165, 1.54) is 23.8 Å². The summed E-state index contributed by atoms with van der Waals surface area (Å²) in [5.41, 5.74) is -0.0347. The summed E-state index contributed by atoms with van der Waals surface area (Å²) in [5.74, 6) is 6.17. The fourth-order valence-corrected chi connectivity index (χ4v) is 2.52. The van der Waals surface area contributed by atoms with E-state index in [2.05, 4.69) is 16.8 Å². The van der Waals surface area contributed by atoms with Crippen molar-refractivity contribution in [2.75, 3.05) is 13.7 Å². The highest BCUT2D eigenvalue weighted by molar-refractivity contribution is 5.49. The van der Waals surface area contributed by atoms with Crippen LogP contribution in [-0.4, -0.2) is 34.0 Å². The van der Waals surface area contributed by atoms with Crippen molar-refractivity contribution in [3.05, 3.63) is 82.3 Å². The van der Waals surface area contributed by atoms with Crippen LogP contribution in [0.1, 0.15) is 25.1 Å². The Morgan fingerprint density at radius 3 is 2.47 bits per heavy atom. The summed E-state index contributed by atoms with van der Waals surface area (Å²) in [4.78, 5) is 16.5. The number of hydrogen-bond acceptors (Lipinski definition) is 5. The molecule has 0 spiro atoms. The van der Waals surface area contributed by atoms with Gasteiger partial charge in [-0.05, 0) is 62.2 Å². The molecule has 0 aliphatic heterocycles. The van der Waals surface area contributed by atoms with Crippen LogP contribution in [-0.2, 0) is 0 Å². The van der Waals surface area contributed by atoms with Crippen LogP contribution in [0, 0.1) is 17.7 Å². The molecule has 30 heavy (non-hydrogen) atoms. The molecule has 6 nitrogen and oxygen atoms in total. The van der Waals surface area contributed by atoms with Crippen molar-refractivity contribution in [3.63, 3.8) is 0 Å². The molecule has 7 heteroatoms. The Kier molecular flexibility index (Phi) is 6.19. The molecular weight excluding hydrogens is 387 g/mol. The van der Waals surface area contributed by atoms with Crippen LogP contribution in [0.15, 0.2) is 59.5 Å². The van der Waals surface area contributed by atoms with Crippen molar-refractivity contribution in [3.8, 4) is 29.0 Å². The lowest BCUT2D eigenvalue weighted by Gasteiger charge is -2.19. The number of rotatable bonds is 5. The molecule has 0 atom stereocenters. The van der Waals surface area contributed by atoms with Gasteiger partial charge >= 0.3 is 5.69 Å². The SMILES string of the molecule is COc1cc(-n2ccc(C#Cc3ccc(F)cc3)nc2=O)ccc1OCC(C)(C)O. The van der Waals surface area contributed by atoms with Crippen molar-refractivity contribution < 1.29 is 19.0 Å². The second kappa shape index (κ2) is 8.80. The van der Waals surface area contributed by atoms with Gasteiger partial charge in [0.05, 0.1) is 18.4 Å². The number of aliphatic hydroxyl groups is 1. The van der Waals surface area contributed by atoms with E-state index in [0.29, 0.717) is 28.4 Å². The van der Waals surface area contributed by atoms with Gasteiger partial charge < -0.3 is 14.6 Å². The van der Waals surface area contributed by atoms with Crippen molar-refractivity contribution >= 4 is 0 Å². The summed E-state index contributed by atoms with van der Waals surface area (Å²) in [6, 6.07) is 12.4. The Balaban J connectivity index is 1.84. The molecule has 0 saturated heterocycles. The van der Waals surface area contributed by atoms with Crippen LogP contribution >= 0.6 is 0 Å².